The van der Waals surface area contributed by atoms with Crippen LogP contribution in [-0.2, 0) is 0 Å². The van der Waals surface area contributed by atoms with Gasteiger partial charge in [-0.3, -0.25) is 0 Å². The molecule has 0 atom stereocenters. The van der Waals surface area contributed by atoms with E-state index in [1.807, 2.05) is 0 Å². The molecular weight excluding hydrogens is 159 g/mol. The van der Waals surface area contributed by atoms with Crippen molar-refractivity contribution in [2.24, 2.45) is 0 Å². The Morgan fingerprint density at radius 2 is 1.25 bits per heavy atom. The third-order valence-corrected chi connectivity index (χ3v) is 0. The molecule has 0 saturated heterocycles. The minimum absolute atomic E-state index is 0. The summed E-state index contributed by atoms with van der Waals surface area (Å²) in [6, 6.07) is 1.25. The maximum absolute atomic E-state index is 5.62. The van der Waals surface area contributed by atoms with Crippen LogP contribution in [0.3, 0.4) is 0 Å². The van der Waals surface area contributed by atoms with Crippen LogP contribution in [0.25, 0.3) is 0 Å². The summed E-state index contributed by atoms with van der Waals surface area (Å²) in [7, 11) is 0. The Labute approximate surface area is 41.2 Å². The van der Waals surface area contributed by atoms with Gasteiger partial charge in [-0.25, -0.2) is 10.8 Å². The Bertz CT molecular complexity index is 27.0. The molecule has 0 aliphatic carbocycles. The molecule has 0 unspecified atom stereocenters. The van der Waals surface area contributed by atoms with Gasteiger partial charge in [0.25, 0.3) is 0 Å². The fourth-order valence-corrected chi connectivity index (χ4v) is 0. The van der Waals surface area contributed by atoms with Crippen LogP contribution >= 0.6 is 0 Å². The van der Waals surface area contributed by atoms with E-state index in [1.54, 1.807) is 0 Å². The quantitative estimate of drug-likeness (QED) is 0.336. The van der Waals surface area contributed by atoms with Gasteiger partial charge in [-0.05, 0) is 0 Å². The number of hydrogen-bond donors (Lipinski definition) is 2. The molecule has 0 aliphatic heterocycles. The van der Waals surface area contributed by atoms with E-state index >= 15 is 0 Å². The minimum atomic E-state index is 0. The third-order valence-electron chi connectivity index (χ3n) is 0. The second-order valence-electron chi connectivity index (χ2n) is 0.125. The fraction of sp³-hybridized carbons (Fsp3) is 0. The zero-order valence-electron chi connectivity index (χ0n) is 1.50. The summed E-state index contributed by atoms with van der Waals surface area (Å²) in [5, 5.41) is 11.2. The molecule has 0 rings (SSSR count). The maximum atomic E-state index is 5.62. The zero-order valence-corrected chi connectivity index (χ0v) is 1.50. The van der Waals surface area contributed by atoms with Crippen molar-refractivity contribution in [3.63, 3.8) is 0 Å². The Hall–Kier alpha value is 0.179. The fourth-order valence-electron chi connectivity index (χ4n) is 0. The molecule has 0 saturated carbocycles. The zero-order chi connectivity index (χ0) is 2.71. The number of nitrogens with one attached hydrogen (secondary N) is 2. The van der Waals surface area contributed by atoms with E-state index in [0.717, 1.165) is 0 Å². The average Bonchev–Trinajstić information content (AvgIpc) is 0.918. The molecule has 0 aromatic heterocycles. The topological polar surface area (TPSA) is 47.7 Å². The van der Waals surface area contributed by atoms with E-state index in [-0.39, 0.29) is 23.9 Å². The SMILES string of the molecule is N=C=N.[SnH4]. The van der Waals surface area contributed by atoms with Crippen molar-refractivity contribution in [1.82, 2.24) is 0 Å². The van der Waals surface area contributed by atoms with E-state index in [4.69, 9.17) is 10.8 Å². The first-order chi connectivity index (χ1) is 1.41. The van der Waals surface area contributed by atoms with Crippen molar-refractivity contribution in [3.05, 3.63) is 0 Å². The summed E-state index contributed by atoms with van der Waals surface area (Å²) >= 11 is 0. The second kappa shape index (κ2) is 10.9. The number of hydrogen-bond acceptors (Lipinski definition) is 2. The molecule has 0 radical (unpaired) electrons. The average molecular weight is 165 g/mol. The molecule has 0 spiro atoms. The first kappa shape index (κ1) is 8.89. The summed E-state index contributed by atoms with van der Waals surface area (Å²) in [4.78, 5) is 0. The molecule has 4 heavy (non-hydrogen) atoms. The molecule has 0 aromatic rings. The number of rotatable bonds is 0. The first-order valence-electron chi connectivity index (χ1n) is 0.500. The Kier molecular flexibility index (Phi) is 24.2. The van der Waals surface area contributed by atoms with Crippen molar-refractivity contribution in [2.45, 2.75) is 0 Å². The molecule has 0 aliphatic rings. The molecule has 0 aromatic carbocycles. The summed E-state index contributed by atoms with van der Waals surface area (Å²) < 4.78 is 0. The summed E-state index contributed by atoms with van der Waals surface area (Å²) in [6.07, 6.45) is 0. The van der Waals surface area contributed by atoms with E-state index in [0.29, 0.717) is 0 Å². The van der Waals surface area contributed by atoms with Crippen LogP contribution in [0.5, 0.6) is 0 Å². The van der Waals surface area contributed by atoms with E-state index < -0.39 is 0 Å². The van der Waals surface area contributed by atoms with E-state index in [2.05, 4.69) is 0 Å². The van der Waals surface area contributed by atoms with Crippen LogP contribution < -0.4 is 0 Å². The monoisotopic (exact) mass is 166 g/mol. The van der Waals surface area contributed by atoms with Crippen molar-refractivity contribution >= 4 is 29.9 Å². The normalized spacial score (nSPS) is 2.00. The van der Waals surface area contributed by atoms with Crippen LogP contribution in [-0.4, -0.2) is 29.9 Å². The van der Waals surface area contributed by atoms with Gasteiger partial charge in [0.15, 0.2) is 0 Å². The predicted octanol–water partition coefficient (Wildman–Crippen LogP) is -1.13. The standard InChI is InChI=1S/CH2N2.Sn.4H/c2-1-3;;;;;/h2-3H;;;;;. The van der Waals surface area contributed by atoms with E-state index in [9.17, 15) is 0 Å². The first-order valence-corrected chi connectivity index (χ1v) is 0.500. The molecule has 0 bridgehead atoms. The van der Waals surface area contributed by atoms with Crippen LogP contribution in [0.15, 0.2) is 0 Å². The predicted molar refractivity (Wildman–Crippen MR) is 21.8 cm³/mol. The van der Waals surface area contributed by atoms with Gasteiger partial charge in [-0.15, -0.1) is 0 Å². The third kappa shape index (κ3) is 94.8. The molecule has 24 valence electrons. The van der Waals surface area contributed by atoms with Crippen molar-refractivity contribution < 1.29 is 0 Å². The van der Waals surface area contributed by atoms with Crippen LogP contribution in [0.1, 0.15) is 0 Å². The molecule has 0 amide bonds. The van der Waals surface area contributed by atoms with Gasteiger partial charge in [0.1, 0.15) is 0 Å². The summed E-state index contributed by atoms with van der Waals surface area (Å²) in [6.45, 7) is 0. The van der Waals surface area contributed by atoms with Gasteiger partial charge in [-0.1, -0.05) is 0 Å². The molecular formula is CH6N2Sn. The van der Waals surface area contributed by atoms with Gasteiger partial charge in [-0.2, -0.15) is 0 Å². The van der Waals surface area contributed by atoms with Gasteiger partial charge in [0.05, 0.1) is 6.01 Å². The van der Waals surface area contributed by atoms with Gasteiger partial charge in [0.2, 0.25) is 0 Å². The van der Waals surface area contributed by atoms with Crippen molar-refractivity contribution in [3.8, 4) is 0 Å². The van der Waals surface area contributed by atoms with Gasteiger partial charge >= 0.3 is 23.9 Å². The Balaban J connectivity index is 0. The van der Waals surface area contributed by atoms with Crippen LogP contribution in [0.2, 0.25) is 0 Å². The second-order valence-corrected chi connectivity index (χ2v) is 0.125. The van der Waals surface area contributed by atoms with Gasteiger partial charge < -0.3 is 0 Å². The molecule has 3 heteroatoms. The van der Waals surface area contributed by atoms with E-state index in [1.165, 1.54) is 6.01 Å². The Morgan fingerprint density at radius 1 is 1.25 bits per heavy atom. The summed E-state index contributed by atoms with van der Waals surface area (Å²) in [5.41, 5.74) is 0. The Morgan fingerprint density at radius 3 is 1.25 bits per heavy atom. The van der Waals surface area contributed by atoms with Crippen LogP contribution in [0.4, 0.5) is 0 Å². The molecule has 2 nitrogen and oxygen atoms in total. The van der Waals surface area contributed by atoms with Crippen molar-refractivity contribution in [1.29, 1.82) is 10.8 Å². The molecule has 0 heterocycles. The molecule has 0 fully saturated rings. The summed E-state index contributed by atoms with van der Waals surface area (Å²) in [5.74, 6) is 0. The van der Waals surface area contributed by atoms with Crippen LogP contribution in [0, 0.1) is 10.8 Å². The van der Waals surface area contributed by atoms with Crippen molar-refractivity contribution in [2.75, 3.05) is 0 Å². The van der Waals surface area contributed by atoms with Gasteiger partial charge in [0, 0.05) is 0 Å². The molecule has 2 N–H and O–H groups in total.